The first-order chi connectivity index (χ1) is 30.9. The van der Waals surface area contributed by atoms with Crippen LogP contribution in [0.5, 0.6) is 0 Å². The highest BCUT2D eigenvalue weighted by Gasteiger charge is 2.43. The molecule has 2 saturated heterocycles. The summed E-state index contributed by atoms with van der Waals surface area (Å²) in [4.78, 5) is 72.9. The number of nitrogens with zero attached hydrogens (tertiary/aromatic N) is 6. The third-order valence-corrected chi connectivity index (χ3v) is 15.4. The molecule has 0 unspecified atom stereocenters. The van der Waals surface area contributed by atoms with Gasteiger partial charge in [0.2, 0.25) is 17.7 Å². The van der Waals surface area contributed by atoms with Crippen LogP contribution >= 0.6 is 11.3 Å². The van der Waals surface area contributed by atoms with Crippen LogP contribution in [0.25, 0.3) is 0 Å². The van der Waals surface area contributed by atoms with Crippen LogP contribution in [-0.4, -0.2) is 163 Å². The molecule has 0 bridgehead atoms. The number of carbonyl (C=O) groups is 4. The first-order valence-electron chi connectivity index (χ1n) is 24.5. The first kappa shape index (κ1) is 54.3. The molecular weight excluding hydrogens is 839 g/mol. The summed E-state index contributed by atoms with van der Waals surface area (Å²) >= 11 is 1.51. The van der Waals surface area contributed by atoms with Gasteiger partial charge in [-0.2, -0.15) is 0 Å². The summed E-state index contributed by atoms with van der Waals surface area (Å²) in [6.07, 6.45) is 3.72. The molecule has 366 valence electrons. The van der Waals surface area contributed by atoms with Gasteiger partial charge < -0.3 is 24.6 Å². The van der Waals surface area contributed by atoms with Crippen molar-refractivity contribution in [3.63, 3.8) is 0 Å². The minimum Gasteiger partial charge on any atom is -0.379 e. The maximum absolute atomic E-state index is 14.7. The molecule has 2 aromatic rings. The Labute approximate surface area is 396 Å². The Morgan fingerprint density at radius 2 is 1.57 bits per heavy atom. The van der Waals surface area contributed by atoms with Gasteiger partial charge in [0.25, 0.3) is 0 Å². The number of aromatic nitrogens is 1. The van der Waals surface area contributed by atoms with Crippen LogP contribution in [0, 0.1) is 29.6 Å². The van der Waals surface area contributed by atoms with E-state index in [-0.39, 0.29) is 72.2 Å². The van der Waals surface area contributed by atoms with E-state index in [2.05, 4.69) is 66.5 Å². The number of carbonyl (C=O) groups excluding carboxylic acids is 4. The molecule has 3 amide bonds. The van der Waals surface area contributed by atoms with E-state index in [0.717, 1.165) is 62.7 Å². The monoisotopic (exact) mass is 924 g/mol. The van der Waals surface area contributed by atoms with Gasteiger partial charge in [0.15, 0.2) is 5.78 Å². The number of rotatable bonds is 26. The number of hydrogen-bond acceptors (Lipinski definition) is 11. The quantitative estimate of drug-likeness (QED) is 0.109. The Morgan fingerprint density at radius 1 is 0.892 bits per heavy atom. The highest BCUT2D eigenvalue weighted by Crippen LogP contribution is 2.32. The molecule has 2 fully saturated rings. The largest absolute Gasteiger partial charge is 0.379 e. The minimum absolute atomic E-state index is 0.00801. The van der Waals surface area contributed by atoms with Crippen molar-refractivity contribution in [2.75, 3.05) is 74.1 Å². The van der Waals surface area contributed by atoms with Gasteiger partial charge in [0, 0.05) is 97.0 Å². The van der Waals surface area contributed by atoms with Crippen LogP contribution in [0.4, 0.5) is 0 Å². The fourth-order valence-electron chi connectivity index (χ4n) is 10.3. The van der Waals surface area contributed by atoms with E-state index in [0.29, 0.717) is 25.4 Å². The van der Waals surface area contributed by atoms with E-state index in [9.17, 15) is 19.2 Å². The van der Waals surface area contributed by atoms with Crippen LogP contribution in [0.2, 0.25) is 0 Å². The summed E-state index contributed by atoms with van der Waals surface area (Å²) in [5.74, 6) is -1.29. The van der Waals surface area contributed by atoms with Gasteiger partial charge in [0.1, 0.15) is 5.01 Å². The van der Waals surface area contributed by atoms with Gasteiger partial charge >= 0.3 is 0 Å². The SMILES string of the molecule is CC[C@H](C)[C@@H]([C@@H](CC(=O)N1CCC[C@H]1[C@H](OC)[C@@H](C)C(=O)N[C@@H](Cc1ccccc1)c1nccs1)OC)N(C)C(=O)[C@@H](CC(=O)[C@H](C(C)C)N(C)CCN1CCN(C(C)C)CC1)C(C)C. The molecule has 3 heterocycles. The average Bonchev–Trinajstić information content (AvgIpc) is 4.01. The number of benzene rings is 1. The summed E-state index contributed by atoms with van der Waals surface area (Å²) < 4.78 is 12.3. The summed E-state index contributed by atoms with van der Waals surface area (Å²) in [7, 11) is 7.09. The lowest BCUT2D eigenvalue weighted by Gasteiger charge is -2.41. The number of methoxy groups -OCH3 is 2. The van der Waals surface area contributed by atoms with E-state index in [1.165, 1.54) is 11.3 Å². The molecule has 1 aromatic carbocycles. The van der Waals surface area contributed by atoms with Crippen LogP contribution in [0.3, 0.4) is 0 Å². The third kappa shape index (κ3) is 14.9. The van der Waals surface area contributed by atoms with Crippen molar-refractivity contribution in [3.05, 3.63) is 52.5 Å². The van der Waals surface area contributed by atoms with Crippen molar-refractivity contribution in [2.45, 2.75) is 143 Å². The maximum Gasteiger partial charge on any atom is 0.226 e. The van der Waals surface area contributed by atoms with Crippen molar-refractivity contribution in [2.24, 2.45) is 29.6 Å². The lowest BCUT2D eigenvalue weighted by molar-refractivity contribution is -0.149. The second-order valence-electron chi connectivity index (χ2n) is 19.9. The van der Waals surface area contributed by atoms with Crippen LogP contribution in [0.15, 0.2) is 41.9 Å². The second-order valence-corrected chi connectivity index (χ2v) is 20.8. The average molecular weight is 924 g/mol. The summed E-state index contributed by atoms with van der Waals surface area (Å²) in [6, 6.07) is 9.29. The summed E-state index contributed by atoms with van der Waals surface area (Å²) in [5, 5.41) is 6.01. The normalized spacial score (nSPS) is 20.1. The highest BCUT2D eigenvalue weighted by molar-refractivity contribution is 7.09. The third-order valence-electron chi connectivity index (χ3n) is 14.5. The number of hydrogen-bond donors (Lipinski definition) is 1. The molecule has 0 spiro atoms. The van der Waals surface area contributed by atoms with Gasteiger partial charge in [-0.3, -0.25) is 33.9 Å². The zero-order chi connectivity index (χ0) is 48.0. The lowest BCUT2D eigenvalue weighted by Crippen LogP contribution is -2.54. The second kappa shape index (κ2) is 26.3. The number of piperazine rings is 1. The number of thiazole rings is 1. The molecular formula is C51H85N7O6S. The molecule has 1 N–H and O–H groups in total. The molecule has 65 heavy (non-hydrogen) atoms. The highest BCUT2D eigenvalue weighted by atomic mass is 32.1. The van der Waals surface area contributed by atoms with E-state index in [1.54, 1.807) is 25.3 Å². The maximum atomic E-state index is 14.7. The predicted octanol–water partition coefficient (Wildman–Crippen LogP) is 6.68. The number of ketones is 1. The standard InChI is InChI=1S/C51H85N7O6S/c1-14-37(8)47(55(11)51(62)40(34(2)3)32-43(59)46(35(4)5)54(10)24-25-56-26-28-57(29-27-56)36(6)7)44(63-12)33-45(60)58-23-18-21-42(58)48(64-13)38(9)49(61)53-41(50-52-22-30-65-50)31-39-19-16-15-17-20-39/h15-17,19-20,22,30,34-38,40-42,44,46-48H,14,18,21,23-29,31-33H2,1-13H3,(H,53,61)/t37-,38+,40-,41-,42-,44+,46-,47-,48+/m0/s1. The molecule has 4 rings (SSSR count). The van der Waals surface area contributed by atoms with E-state index in [1.807, 2.05) is 75.5 Å². The number of nitrogens with one attached hydrogen (secondary N) is 1. The minimum atomic E-state index is -0.591. The summed E-state index contributed by atoms with van der Waals surface area (Å²) in [5.41, 5.74) is 1.10. The van der Waals surface area contributed by atoms with E-state index < -0.39 is 30.1 Å². The van der Waals surface area contributed by atoms with Crippen molar-refractivity contribution in [1.82, 2.24) is 34.8 Å². The van der Waals surface area contributed by atoms with Gasteiger partial charge in [-0.1, -0.05) is 85.2 Å². The Morgan fingerprint density at radius 3 is 2.12 bits per heavy atom. The van der Waals surface area contributed by atoms with Crippen LogP contribution < -0.4 is 5.32 Å². The van der Waals surface area contributed by atoms with Crippen molar-refractivity contribution in [3.8, 4) is 0 Å². The number of amides is 3. The predicted molar refractivity (Wildman–Crippen MR) is 262 cm³/mol. The van der Waals surface area contributed by atoms with E-state index in [4.69, 9.17) is 9.47 Å². The molecule has 0 radical (unpaired) electrons. The number of likely N-dealkylation sites (tertiary alicyclic amines) is 1. The molecule has 0 saturated carbocycles. The first-order valence-corrected chi connectivity index (χ1v) is 25.4. The Hall–Kier alpha value is -3.27. The van der Waals surface area contributed by atoms with Crippen LogP contribution in [0.1, 0.15) is 111 Å². The zero-order valence-electron chi connectivity index (χ0n) is 42.2. The number of likely N-dealkylation sites (N-methyl/N-ethyl adjacent to an activating group) is 2. The molecule has 1 aromatic heterocycles. The summed E-state index contributed by atoms with van der Waals surface area (Å²) in [6.45, 7) is 25.2. The fourth-order valence-corrected chi connectivity index (χ4v) is 11.0. The van der Waals surface area contributed by atoms with Crippen molar-refractivity contribution in [1.29, 1.82) is 0 Å². The van der Waals surface area contributed by atoms with Crippen molar-refractivity contribution >= 4 is 34.8 Å². The molecule has 2 aliphatic heterocycles. The van der Waals surface area contributed by atoms with E-state index >= 15 is 0 Å². The molecule has 13 nitrogen and oxygen atoms in total. The molecule has 2 aliphatic rings. The Kier molecular flexibility index (Phi) is 22.0. The molecule has 9 atom stereocenters. The van der Waals surface area contributed by atoms with Gasteiger partial charge in [0.05, 0.1) is 48.7 Å². The van der Waals surface area contributed by atoms with Gasteiger partial charge in [-0.25, -0.2) is 4.98 Å². The zero-order valence-corrected chi connectivity index (χ0v) is 43.0. The Balaban J connectivity index is 1.44. The smallest absolute Gasteiger partial charge is 0.226 e. The van der Waals surface area contributed by atoms with Crippen molar-refractivity contribution < 1.29 is 28.7 Å². The topological polar surface area (TPSA) is 128 Å². The van der Waals surface area contributed by atoms with Crippen LogP contribution in [-0.2, 0) is 35.1 Å². The lowest BCUT2D eigenvalue weighted by atomic mass is 9.83. The number of Topliss-reactive ketones (excluding diaryl/α,β-unsaturated/α-hetero) is 1. The molecule has 14 heteroatoms. The number of ether oxygens (including phenoxy) is 2. The van der Waals surface area contributed by atoms with Gasteiger partial charge in [-0.15, -0.1) is 11.3 Å². The fraction of sp³-hybridized carbons (Fsp3) is 0.745. The van der Waals surface area contributed by atoms with Gasteiger partial charge in [-0.05, 0) is 63.5 Å². The molecule has 0 aliphatic carbocycles. The Bertz CT molecular complexity index is 1740.